The Balaban J connectivity index is 2.34. The number of ether oxygens (including phenoxy) is 1. The fourth-order valence-corrected chi connectivity index (χ4v) is 2.16. The van der Waals surface area contributed by atoms with Crippen molar-refractivity contribution in [3.63, 3.8) is 0 Å². The smallest absolute Gasteiger partial charge is 0.119 e. The van der Waals surface area contributed by atoms with Gasteiger partial charge in [-0.1, -0.05) is 31.9 Å². The average molecular weight is 286 g/mol. The second-order valence-electron chi connectivity index (χ2n) is 5.35. The van der Waals surface area contributed by atoms with E-state index in [4.69, 9.17) is 15.4 Å². The quantitative estimate of drug-likeness (QED) is 0.464. The van der Waals surface area contributed by atoms with Gasteiger partial charge in [0, 0.05) is 18.6 Å². The van der Waals surface area contributed by atoms with E-state index in [0.717, 1.165) is 49.1 Å². The van der Waals surface area contributed by atoms with E-state index in [0.29, 0.717) is 13.0 Å². The Morgan fingerprint density at radius 2 is 2.10 bits per heavy atom. The minimum Gasteiger partial charge on any atom is -0.494 e. The number of benzene rings is 1. The number of unbranched alkanes of at least 4 members (excludes halogenated alkanes) is 4. The van der Waals surface area contributed by atoms with Gasteiger partial charge in [0.05, 0.1) is 12.7 Å². The third-order valence-electron chi connectivity index (χ3n) is 3.35. The third-order valence-corrected chi connectivity index (χ3v) is 3.35. The molecule has 0 atom stereocenters. The lowest BCUT2D eigenvalue weighted by molar-refractivity contribution is 0.307. The van der Waals surface area contributed by atoms with E-state index >= 15 is 0 Å². The van der Waals surface area contributed by atoms with Gasteiger partial charge in [-0.2, -0.15) is 5.26 Å². The zero-order chi connectivity index (χ0) is 15.3. The molecule has 0 aliphatic carbocycles. The fourth-order valence-electron chi connectivity index (χ4n) is 2.16. The van der Waals surface area contributed by atoms with E-state index in [9.17, 15) is 0 Å². The van der Waals surface area contributed by atoms with Gasteiger partial charge in [-0.15, -0.1) is 0 Å². The Labute approximate surface area is 128 Å². The fraction of sp³-hybridized carbons (Fsp3) is 0.556. The first-order chi connectivity index (χ1) is 10.3. The highest BCUT2D eigenvalue weighted by atomic mass is 16.5. The lowest BCUT2D eigenvalue weighted by Crippen LogP contribution is -2.02. The summed E-state index contributed by atoms with van der Waals surface area (Å²) in [5, 5.41) is 16.5. The van der Waals surface area contributed by atoms with Crippen molar-refractivity contribution in [2.75, 3.05) is 6.61 Å². The topological polar surface area (TPSA) is 56.9 Å². The SMILES string of the molecule is CCCCCC(=N)Cc1cccc(OCCCCC#N)c1. The number of hydrogen-bond acceptors (Lipinski definition) is 3. The Kier molecular flexibility index (Phi) is 8.95. The summed E-state index contributed by atoms with van der Waals surface area (Å²) in [5.74, 6) is 0.866. The van der Waals surface area contributed by atoms with Crippen molar-refractivity contribution in [1.29, 1.82) is 10.7 Å². The van der Waals surface area contributed by atoms with E-state index < -0.39 is 0 Å². The van der Waals surface area contributed by atoms with Gasteiger partial charge in [0.15, 0.2) is 0 Å². The van der Waals surface area contributed by atoms with Gasteiger partial charge in [-0.05, 0) is 43.4 Å². The van der Waals surface area contributed by atoms with Crippen molar-refractivity contribution < 1.29 is 4.74 Å². The highest BCUT2D eigenvalue weighted by molar-refractivity contribution is 5.83. The first kappa shape index (κ1) is 17.2. The van der Waals surface area contributed by atoms with Crippen molar-refractivity contribution in [1.82, 2.24) is 0 Å². The van der Waals surface area contributed by atoms with Crippen molar-refractivity contribution in [3.05, 3.63) is 29.8 Å². The van der Waals surface area contributed by atoms with Gasteiger partial charge in [0.2, 0.25) is 0 Å². The van der Waals surface area contributed by atoms with Crippen LogP contribution < -0.4 is 4.74 Å². The Morgan fingerprint density at radius 3 is 2.86 bits per heavy atom. The van der Waals surface area contributed by atoms with Gasteiger partial charge in [-0.3, -0.25) is 0 Å². The molecule has 0 unspecified atom stereocenters. The van der Waals surface area contributed by atoms with Gasteiger partial charge < -0.3 is 10.1 Å². The maximum Gasteiger partial charge on any atom is 0.119 e. The molecule has 0 heterocycles. The van der Waals surface area contributed by atoms with Crippen molar-refractivity contribution in [2.45, 2.75) is 58.3 Å². The van der Waals surface area contributed by atoms with E-state index in [-0.39, 0.29) is 0 Å². The molecule has 1 rings (SSSR count). The summed E-state index contributed by atoms with van der Waals surface area (Å²) < 4.78 is 5.69. The predicted molar refractivity (Wildman–Crippen MR) is 87.0 cm³/mol. The van der Waals surface area contributed by atoms with Crippen molar-refractivity contribution in [2.24, 2.45) is 0 Å². The van der Waals surface area contributed by atoms with Gasteiger partial charge in [0.25, 0.3) is 0 Å². The molecule has 3 nitrogen and oxygen atoms in total. The molecular formula is C18H26N2O. The zero-order valence-electron chi connectivity index (χ0n) is 13.0. The Morgan fingerprint density at radius 1 is 1.24 bits per heavy atom. The van der Waals surface area contributed by atoms with Crippen LogP contribution in [0.2, 0.25) is 0 Å². The minimum atomic E-state index is 0.596. The van der Waals surface area contributed by atoms with Gasteiger partial charge >= 0.3 is 0 Å². The molecule has 0 aliphatic rings. The number of hydrogen-bond donors (Lipinski definition) is 1. The number of rotatable bonds is 11. The molecule has 0 saturated heterocycles. The molecule has 114 valence electrons. The Hall–Kier alpha value is -1.82. The van der Waals surface area contributed by atoms with Crippen LogP contribution in [-0.2, 0) is 6.42 Å². The van der Waals surface area contributed by atoms with Crippen molar-refractivity contribution in [3.8, 4) is 11.8 Å². The van der Waals surface area contributed by atoms with E-state index in [2.05, 4.69) is 19.1 Å². The van der Waals surface area contributed by atoms with Gasteiger partial charge in [0.1, 0.15) is 5.75 Å². The molecule has 0 aliphatic heterocycles. The van der Waals surface area contributed by atoms with Crippen molar-refractivity contribution >= 4 is 5.71 Å². The van der Waals surface area contributed by atoms with Crippen LogP contribution in [-0.4, -0.2) is 12.3 Å². The molecule has 0 aromatic heterocycles. The van der Waals surface area contributed by atoms with E-state index in [1.165, 1.54) is 12.8 Å². The first-order valence-corrected chi connectivity index (χ1v) is 7.91. The summed E-state index contributed by atoms with van der Waals surface area (Å²) in [6.07, 6.45) is 7.52. The van der Waals surface area contributed by atoms with E-state index in [1.807, 2.05) is 18.2 Å². The highest BCUT2D eigenvalue weighted by Crippen LogP contribution is 2.15. The molecule has 0 radical (unpaired) electrons. The lowest BCUT2D eigenvalue weighted by Gasteiger charge is -2.08. The molecule has 0 spiro atoms. The standard InChI is InChI=1S/C18H26N2O/c1-2-3-5-10-17(20)14-16-9-8-11-18(15-16)21-13-7-4-6-12-19/h8-9,11,15,20H,2-7,10,13-14H2,1H3. The van der Waals surface area contributed by atoms with E-state index in [1.54, 1.807) is 0 Å². The predicted octanol–water partition coefficient (Wildman–Crippen LogP) is 4.90. The first-order valence-electron chi connectivity index (χ1n) is 7.91. The Bertz CT molecular complexity index is 463. The molecule has 1 aromatic carbocycles. The van der Waals surface area contributed by atoms with Crippen LogP contribution in [0.3, 0.4) is 0 Å². The molecule has 0 saturated carbocycles. The van der Waals surface area contributed by atoms with Crippen LogP contribution in [0.4, 0.5) is 0 Å². The van der Waals surface area contributed by atoms with Crippen LogP contribution >= 0.6 is 0 Å². The molecule has 0 bridgehead atoms. The molecule has 1 N–H and O–H groups in total. The second-order valence-corrected chi connectivity index (χ2v) is 5.35. The monoisotopic (exact) mass is 286 g/mol. The number of nitrogens with one attached hydrogen (secondary N) is 1. The average Bonchev–Trinajstić information content (AvgIpc) is 2.48. The van der Waals surface area contributed by atoms with Crippen LogP contribution in [0.15, 0.2) is 24.3 Å². The van der Waals surface area contributed by atoms with Crippen LogP contribution in [0.1, 0.15) is 57.4 Å². The molecule has 3 heteroatoms. The molecule has 0 fully saturated rings. The molecule has 0 amide bonds. The second kappa shape index (κ2) is 10.9. The normalized spacial score (nSPS) is 10.1. The maximum atomic E-state index is 8.47. The largest absolute Gasteiger partial charge is 0.494 e. The third kappa shape index (κ3) is 8.14. The summed E-state index contributed by atoms with van der Waals surface area (Å²) in [4.78, 5) is 0. The molecule has 1 aromatic rings. The van der Waals surface area contributed by atoms with Crippen LogP contribution in [0.25, 0.3) is 0 Å². The highest BCUT2D eigenvalue weighted by Gasteiger charge is 2.02. The number of nitriles is 1. The summed E-state index contributed by atoms with van der Waals surface area (Å²) in [6, 6.07) is 10.2. The maximum absolute atomic E-state index is 8.47. The molecular weight excluding hydrogens is 260 g/mol. The molecule has 21 heavy (non-hydrogen) atoms. The summed E-state index contributed by atoms with van der Waals surface area (Å²) in [7, 11) is 0. The van der Waals surface area contributed by atoms with Crippen LogP contribution in [0.5, 0.6) is 5.75 Å². The summed E-state index contributed by atoms with van der Waals surface area (Å²) in [5.41, 5.74) is 1.95. The number of nitrogens with zero attached hydrogens (tertiary/aromatic N) is 1. The van der Waals surface area contributed by atoms with Crippen LogP contribution in [0, 0.1) is 16.7 Å². The summed E-state index contributed by atoms with van der Waals surface area (Å²) >= 11 is 0. The van der Waals surface area contributed by atoms with Gasteiger partial charge in [-0.25, -0.2) is 0 Å². The lowest BCUT2D eigenvalue weighted by atomic mass is 10.0. The zero-order valence-corrected chi connectivity index (χ0v) is 13.0. The summed E-state index contributed by atoms with van der Waals surface area (Å²) in [6.45, 7) is 2.83. The minimum absolute atomic E-state index is 0.596.